The Hall–Kier alpha value is -1.50. The molecule has 0 atom stereocenters. The van der Waals surface area contributed by atoms with Crippen molar-refractivity contribution in [3.05, 3.63) is 28.8 Å². The van der Waals surface area contributed by atoms with Gasteiger partial charge in [-0.15, -0.1) is 0 Å². The Labute approximate surface area is 161 Å². The molecule has 142 valence electrons. The molecule has 0 aliphatic carbocycles. The summed E-state index contributed by atoms with van der Waals surface area (Å²) in [4.78, 5) is 25.4. The summed E-state index contributed by atoms with van der Waals surface area (Å²) in [6, 6.07) is 4.95. The number of nitrogens with one attached hydrogen (secondary N) is 1. The van der Waals surface area contributed by atoms with Crippen LogP contribution in [-0.2, 0) is 4.79 Å². The van der Waals surface area contributed by atoms with E-state index in [4.69, 9.17) is 17.3 Å². The number of nitrogen functional groups attached to an aromatic ring is 1. The van der Waals surface area contributed by atoms with Crippen molar-refractivity contribution < 1.29 is 26.5 Å². The van der Waals surface area contributed by atoms with Crippen LogP contribution in [0.15, 0.2) is 18.2 Å². The average Bonchev–Trinajstić information content (AvgIpc) is 2.49. The highest BCUT2D eigenvalue weighted by atomic mass is 35.5. The maximum atomic E-state index is 12.6. The van der Waals surface area contributed by atoms with E-state index in [-0.39, 0.29) is 24.2 Å². The van der Waals surface area contributed by atoms with Crippen LogP contribution in [0.2, 0.25) is 5.02 Å². The van der Waals surface area contributed by atoms with Crippen LogP contribution < -0.4 is 23.5 Å². The van der Waals surface area contributed by atoms with Gasteiger partial charge in [-0.05, 0) is 25.1 Å². The molecule has 6 nitrogen and oxygen atoms in total. The van der Waals surface area contributed by atoms with Crippen molar-refractivity contribution in [2.24, 2.45) is 0 Å². The molecule has 0 fully saturated rings. The number of carbonyl (C=O) groups excluding carboxylic acids is 2. The monoisotopic (exact) mass is 390 g/mol. The number of hydrogen-bond donors (Lipinski definition) is 2. The van der Waals surface area contributed by atoms with Crippen LogP contribution >= 0.6 is 11.6 Å². The van der Waals surface area contributed by atoms with Crippen LogP contribution in [0.1, 0.15) is 24.2 Å². The second-order valence-corrected chi connectivity index (χ2v) is 6.89. The summed E-state index contributed by atoms with van der Waals surface area (Å²) in [5, 5.41) is 3.25. The van der Waals surface area contributed by atoms with Gasteiger partial charge in [0.15, 0.2) is 0 Å². The van der Waals surface area contributed by atoms with Gasteiger partial charge in [0, 0.05) is 19.0 Å². The highest BCUT2D eigenvalue weighted by Gasteiger charge is 2.20. The van der Waals surface area contributed by atoms with Gasteiger partial charge >= 0.3 is 0 Å². The third-order valence-corrected chi connectivity index (χ3v) is 4.32. The first-order valence-electron chi connectivity index (χ1n) is 8.07. The summed E-state index contributed by atoms with van der Waals surface area (Å²) in [6.07, 6.45) is 0. The predicted octanol–water partition coefficient (Wildman–Crippen LogP) is -1.40. The smallest absolute Gasteiger partial charge is 0.254 e. The number of quaternary nitrogens is 1. The summed E-state index contributed by atoms with van der Waals surface area (Å²) in [6.45, 7) is 6.93. The first-order chi connectivity index (χ1) is 11.2. The van der Waals surface area contributed by atoms with E-state index in [1.807, 2.05) is 6.92 Å². The van der Waals surface area contributed by atoms with Gasteiger partial charge in [-0.1, -0.05) is 11.6 Å². The Morgan fingerprint density at radius 2 is 1.92 bits per heavy atom. The molecule has 0 radical (unpaired) electrons. The third-order valence-electron chi connectivity index (χ3n) is 3.98. The zero-order chi connectivity index (χ0) is 18.3. The Balaban J connectivity index is 0.00000576. The molecule has 0 spiro atoms. The normalized spacial score (nSPS) is 10.8. The molecule has 2 amide bonds. The summed E-state index contributed by atoms with van der Waals surface area (Å²) < 4.78 is 0.715. The molecule has 8 heteroatoms. The Morgan fingerprint density at radius 3 is 2.44 bits per heavy atom. The van der Waals surface area contributed by atoms with Gasteiger partial charge in [-0.2, -0.15) is 0 Å². The van der Waals surface area contributed by atoms with E-state index < -0.39 is 0 Å². The van der Waals surface area contributed by atoms with E-state index >= 15 is 0 Å². The van der Waals surface area contributed by atoms with Crippen LogP contribution in [0.4, 0.5) is 5.69 Å². The Bertz CT molecular complexity index is 594. The van der Waals surface area contributed by atoms with Gasteiger partial charge in [0.25, 0.3) is 5.91 Å². The van der Waals surface area contributed by atoms with Crippen molar-refractivity contribution in [1.82, 2.24) is 10.2 Å². The second kappa shape index (κ2) is 10.5. The number of hydrogen-bond acceptors (Lipinski definition) is 3. The molecular weight excluding hydrogens is 363 g/mol. The van der Waals surface area contributed by atoms with Crippen LogP contribution in [0.25, 0.3) is 0 Å². The first-order valence-corrected chi connectivity index (χ1v) is 8.45. The van der Waals surface area contributed by atoms with E-state index in [1.165, 1.54) is 6.92 Å². The maximum Gasteiger partial charge on any atom is 0.254 e. The number of nitrogens with zero attached hydrogens (tertiary/aromatic N) is 2. The number of amides is 2. The van der Waals surface area contributed by atoms with Gasteiger partial charge in [0.1, 0.15) is 0 Å². The summed E-state index contributed by atoms with van der Waals surface area (Å²) >= 11 is 5.91. The fourth-order valence-electron chi connectivity index (χ4n) is 2.30. The van der Waals surface area contributed by atoms with Crippen molar-refractivity contribution in [2.45, 2.75) is 13.8 Å². The number of anilines is 1. The molecular formula is C17H28Cl2N4O2. The lowest BCUT2D eigenvalue weighted by molar-refractivity contribution is -0.888. The molecule has 0 unspecified atom stereocenters. The largest absolute Gasteiger partial charge is 1.00 e. The highest BCUT2D eigenvalue weighted by molar-refractivity contribution is 6.33. The zero-order valence-corrected chi connectivity index (χ0v) is 16.8. The predicted molar refractivity (Wildman–Crippen MR) is 98.0 cm³/mol. The molecule has 0 bridgehead atoms. The summed E-state index contributed by atoms with van der Waals surface area (Å²) in [5.41, 5.74) is 6.73. The molecule has 1 aromatic carbocycles. The van der Waals surface area contributed by atoms with Gasteiger partial charge < -0.3 is 32.8 Å². The molecule has 0 saturated carbocycles. The third kappa shape index (κ3) is 7.94. The number of likely N-dealkylation sites (N-methyl/N-ethyl adjacent to an activating group) is 2. The van der Waals surface area contributed by atoms with Crippen molar-refractivity contribution in [3.8, 4) is 0 Å². The number of rotatable bonds is 8. The molecule has 3 N–H and O–H groups in total. The first kappa shape index (κ1) is 23.5. The van der Waals surface area contributed by atoms with Gasteiger partial charge in [0.05, 0.1) is 51.0 Å². The minimum Gasteiger partial charge on any atom is -1.00 e. The molecule has 0 aliphatic heterocycles. The SMILES string of the molecule is CCN(CC[N+](C)(C)CCNC(C)=O)C(=O)c1ccc(Cl)c(N)c1.[Cl-]. The van der Waals surface area contributed by atoms with Crippen molar-refractivity contribution in [3.63, 3.8) is 0 Å². The summed E-state index contributed by atoms with van der Waals surface area (Å²) in [5.74, 6) is -0.0802. The highest BCUT2D eigenvalue weighted by Crippen LogP contribution is 2.20. The quantitative estimate of drug-likeness (QED) is 0.423. The topological polar surface area (TPSA) is 75.4 Å². The zero-order valence-electron chi connectivity index (χ0n) is 15.3. The van der Waals surface area contributed by atoms with Gasteiger partial charge in [-0.3, -0.25) is 9.59 Å². The number of halogens is 2. The molecule has 0 aliphatic rings. The van der Waals surface area contributed by atoms with Crippen molar-refractivity contribution >= 4 is 29.1 Å². The van der Waals surface area contributed by atoms with E-state index in [0.717, 1.165) is 13.1 Å². The molecule has 0 aromatic heterocycles. The standard InChI is InChI=1S/C17H27ClN4O2.ClH/c1-5-21(9-11-22(3,4)10-8-20-13(2)23)17(24)14-6-7-15(18)16(19)12-14;/h6-7,12H,5,8-11,19H2,1-4H3;1H. The van der Waals surface area contributed by atoms with Crippen LogP contribution in [0.3, 0.4) is 0 Å². The lowest BCUT2D eigenvalue weighted by atomic mass is 10.1. The van der Waals surface area contributed by atoms with Crippen molar-refractivity contribution in [2.75, 3.05) is 52.6 Å². The molecule has 1 aromatic rings. The van der Waals surface area contributed by atoms with E-state index in [1.54, 1.807) is 23.1 Å². The molecule has 25 heavy (non-hydrogen) atoms. The second-order valence-electron chi connectivity index (χ2n) is 6.49. The van der Waals surface area contributed by atoms with Crippen LogP contribution in [-0.4, -0.2) is 68.0 Å². The van der Waals surface area contributed by atoms with E-state index in [9.17, 15) is 9.59 Å². The Morgan fingerprint density at radius 1 is 1.28 bits per heavy atom. The van der Waals surface area contributed by atoms with Crippen molar-refractivity contribution in [1.29, 1.82) is 0 Å². The molecule has 1 rings (SSSR count). The van der Waals surface area contributed by atoms with Crippen LogP contribution in [0, 0.1) is 0 Å². The Kier molecular flexibility index (Phi) is 9.85. The van der Waals surface area contributed by atoms with Crippen LogP contribution in [0.5, 0.6) is 0 Å². The number of nitrogens with two attached hydrogens (primary N) is 1. The number of benzene rings is 1. The average molecular weight is 391 g/mol. The van der Waals surface area contributed by atoms with E-state index in [2.05, 4.69) is 19.4 Å². The summed E-state index contributed by atoms with van der Waals surface area (Å²) in [7, 11) is 4.17. The number of carbonyl (C=O) groups is 2. The minimum atomic E-state index is -0.0530. The maximum absolute atomic E-state index is 12.6. The van der Waals surface area contributed by atoms with E-state index in [0.29, 0.717) is 40.4 Å². The fraction of sp³-hybridized carbons (Fsp3) is 0.529. The minimum absolute atomic E-state index is 0. The van der Waals surface area contributed by atoms with Gasteiger partial charge in [0.2, 0.25) is 5.91 Å². The van der Waals surface area contributed by atoms with Gasteiger partial charge in [-0.25, -0.2) is 0 Å². The fourth-order valence-corrected chi connectivity index (χ4v) is 2.42. The molecule has 0 heterocycles. The molecule has 0 saturated heterocycles. The lowest BCUT2D eigenvalue weighted by Gasteiger charge is -2.32. The lowest BCUT2D eigenvalue weighted by Crippen LogP contribution is -3.00.